The lowest BCUT2D eigenvalue weighted by Gasteiger charge is -2.06. The van der Waals surface area contributed by atoms with Crippen molar-refractivity contribution in [3.05, 3.63) is 49.0 Å². The van der Waals surface area contributed by atoms with Crippen LogP contribution in [0.25, 0.3) is 0 Å². The number of rotatable bonds is 5. The number of esters is 1. The molecule has 0 aliphatic rings. The highest BCUT2D eigenvalue weighted by molar-refractivity contribution is 9.13. The van der Waals surface area contributed by atoms with Crippen LogP contribution in [0.4, 0.5) is 5.69 Å². The van der Waals surface area contributed by atoms with Crippen LogP contribution in [0.3, 0.4) is 0 Å². The molecule has 0 spiro atoms. The molecule has 0 saturated heterocycles. The van der Waals surface area contributed by atoms with Crippen molar-refractivity contribution in [2.24, 2.45) is 0 Å². The van der Waals surface area contributed by atoms with Gasteiger partial charge in [0.2, 0.25) is 0 Å². The molecule has 0 radical (unpaired) electrons. The molecule has 1 aromatic heterocycles. The Hall–Kier alpha value is -0.850. The summed E-state index contributed by atoms with van der Waals surface area (Å²) in [5, 5.41) is 3.32. The summed E-state index contributed by atoms with van der Waals surface area (Å²) < 4.78 is 7.10. The zero-order valence-electron chi connectivity index (χ0n) is 10.8. The van der Waals surface area contributed by atoms with Gasteiger partial charge in [-0.05, 0) is 69.1 Å². The van der Waals surface area contributed by atoms with Gasteiger partial charge in [0.1, 0.15) is 0 Å². The Balaban J connectivity index is 1.95. The molecule has 2 aromatic rings. The SMILES string of the molecule is CCOC(=O)c1ccc(NCc2cc(Br)c(Br)s2)cc1. The van der Waals surface area contributed by atoms with Crippen LogP contribution in [-0.2, 0) is 11.3 Å². The fraction of sp³-hybridized carbons (Fsp3) is 0.214. The predicted molar refractivity (Wildman–Crippen MR) is 89.4 cm³/mol. The van der Waals surface area contributed by atoms with Crippen molar-refractivity contribution in [2.45, 2.75) is 13.5 Å². The van der Waals surface area contributed by atoms with Crippen molar-refractivity contribution in [1.82, 2.24) is 0 Å². The molecule has 0 amide bonds. The molecule has 0 aliphatic carbocycles. The summed E-state index contributed by atoms with van der Waals surface area (Å²) in [5.74, 6) is -0.287. The predicted octanol–water partition coefficient (Wildman–Crippen LogP) is 5.06. The molecule has 106 valence electrons. The fourth-order valence-electron chi connectivity index (χ4n) is 1.61. The van der Waals surface area contributed by atoms with Gasteiger partial charge in [-0.2, -0.15) is 0 Å². The van der Waals surface area contributed by atoms with E-state index in [0.717, 1.165) is 20.5 Å². The molecule has 0 saturated carbocycles. The zero-order chi connectivity index (χ0) is 14.5. The van der Waals surface area contributed by atoms with E-state index >= 15 is 0 Å². The first-order chi connectivity index (χ1) is 9.60. The Morgan fingerprint density at radius 3 is 2.55 bits per heavy atom. The molecule has 20 heavy (non-hydrogen) atoms. The van der Waals surface area contributed by atoms with Crippen LogP contribution in [0, 0.1) is 0 Å². The van der Waals surface area contributed by atoms with Gasteiger partial charge in [-0.15, -0.1) is 11.3 Å². The molecule has 1 heterocycles. The normalized spacial score (nSPS) is 10.3. The van der Waals surface area contributed by atoms with Crippen LogP contribution in [-0.4, -0.2) is 12.6 Å². The van der Waals surface area contributed by atoms with Crippen LogP contribution >= 0.6 is 43.2 Å². The van der Waals surface area contributed by atoms with Crippen LogP contribution in [0.1, 0.15) is 22.2 Å². The van der Waals surface area contributed by atoms with E-state index in [4.69, 9.17) is 4.74 Å². The lowest BCUT2D eigenvalue weighted by atomic mass is 10.2. The molecule has 0 atom stereocenters. The summed E-state index contributed by atoms with van der Waals surface area (Å²) >= 11 is 8.62. The lowest BCUT2D eigenvalue weighted by molar-refractivity contribution is 0.0526. The van der Waals surface area contributed by atoms with Gasteiger partial charge in [-0.25, -0.2) is 4.79 Å². The van der Waals surface area contributed by atoms with E-state index in [9.17, 15) is 4.79 Å². The zero-order valence-corrected chi connectivity index (χ0v) is 14.8. The summed E-state index contributed by atoms with van der Waals surface area (Å²) in [7, 11) is 0. The summed E-state index contributed by atoms with van der Waals surface area (Å²) in [4.78, 5) is 12.7. The second-order valence-corrected chi connectivity index (χ2v) is 7.29. The van der Waals surface area contributed by atoms with Crippen LogP contribution in [0.2, 0.25) is 0 Å². The molecule has 0 fully saturated rings. The maximum atomic E-state index is 11.5. The largest absolute Gasteiger partial charge is 0.462 e. The maximum Gasteiger partial charge on any atom is 0.338 e. The van der Waals surface area contributed by atoms with E-state index < -0.39 is 0 Å². The Bertz CT molecular complexity index is 576. The number of hydrogen-bond donors (Lipinski definition) is 1. The minimum absolute atomic E-state index is 0.287. The first kappa shape index (κ1) is 15.5. The molecule has 1 N–H and O–H groups in total. The second-order valence-electron chi connectivity index (χ2n) is 3.99. The van der Waals surface area contributed by atoms with Crippen molar-refractivity contribution in [1.29, 1.82) is 0 Å². The minimum atomic E-state index is -0.287. The van der Waals surface area contributed by atoms with E-state index in [2.05, 4.69) is 43.2 Å². The van der Waals surface area contributed by atoms with Gasteiger partial charge in [-0.3, -0.25) is 0 Å². The summed E-state index contributed by atoms with van der Waals surface area (Å²) in [6.07, 6.45) is 0. The van der Waals surface area contributed by atoms with Gasteiger partial charge in [0.15, 0.2) is 0 Å². The molecule has 0 unspecified atom stereocenters. The van der Waals surface area contributed by atoms with Gasteiger partial charge in [-0.1, -0.05) is 0 Å². The average Bonchev–Trinajstić information content (AvgIpc) is 2.76. The number of thiophene rings is 1. The number of benzene rings is 1. The number of ether oxygens (including phenoxy) is 1. The van der Waals surface area contributed by atoms with E-state index in [1.54, 1.807) is 30.4 Å². The topological polar surface area (TPSA) is 38.3 Å². The molecule has 0 bridgehead atoms. The first-order valence-electron chi connectivity index (χ1n) is 6.05. The molecule has 3 nitrogen and oxygen atoms in total. The van der Waals surface area contributed by atoms with E-state index in [1.807, 2.05) is 12.1 Å². The number of hydrogen-bond acceptors (Lipinski definition) is 4. The van der Waals surface area contributed by atoms with E-state index in [1.165, 1.54) is 4.88 Å². The Morgan fingerprint density at radius 1 is 1.30 bits per heavy atom. The Kier molecular flexibility index (Phi) is 5.63. The van der Waals surface area contributed by atoms with Gasteiger partial charge in [0.25, 0.3) is 0 Å². The molecular weight excluding hydrogens is 406 g/mol. The molecule has 0 aliphatic heterocycles. The summed E-state index contributed by atoms with van der Waals surface area (Å²) in [5.41, 5.74) is 1.54. The van der Waals surface area contributed by atoms with Gasteiger partial charge >= 0.3 is 5.97 Å². The minimum Gasteiger partial charge on any atom is -0.462 e. The molecule has 6 heteroatoms. The third kappa shape index (κ3) is 4.07. The van der Waals surface area contributed by atoms with Crippen LogP contribution < -0.4 is 5.32 Å². The number of nitrogens with one attached hydrogen (secondary N) is 1. The van der Waals surface area contributed by atoms with Crippen molar-refractivity contribution in [3.63, 3.8) is 0 Å². The molecule has 1 aromatic carbocycles. The quantitative estimate of drug-likeness (QED) is 0.689. The third-order valence-electron chi connectivity index (χ3n) is 2.56. The monoisotopic (exact) mass is 417 g/mol. The first-order valence-corrected chi connectivity index (χ1v) is 8.45. The van der Waals surface area contributed by atoms with Gasteiger partial charge in [0, 0.05) is 21.6 Å². The number of halogens is 2. The highest BCUT2D eigenvalue weighted by Gasteiger charge is 2.06. The second kappa shape index (κ2) is 7.24. The number of carbonyl (C=O) groups is 1. The highest BCUT2D eigenvalue weighted by Crippen LogP contribution is 2.32. The van der Waals surface area contributed by atoms with E-state index in [0.29, 0.717) is 12.2 Å². The molecule has 2 rings (SSSR count). The lowest BCUT2D eigenvalue weighted by Crippen LogP contribution is -2.04. The van der Waals surface area contributed by atoms with Gasteiger partial charge < -0.3 is 10.1 Å². The van der Waals surface area contributed by atoms with Crippen LogP contribution in [0.5, 0.6) is 0 Å². The third-order valence-corrected chi connectivity index (χ3v) is 5.82. The Morgan fingerprint density at radius 2 is 2.00 bits per heavy atom. The van der Waals surface area contributed by atoms with Crippen molar-refractivity contribution >= 4 is 54.9 Å². The fourth-order valence-corrected chi connectivity index (χ4v) is 3.72. The van der Waals surface area contributed by atoms with Crippen molar-refractivity contribution in [2.75, 3.05) is 11.9 Å². The number of anilines is 1. The molecular formula is C14H13Br2NO2S. The average molecular weight is 419 g/mol. The van der Waals surface area contributed by atoms with Crippen molar-refractivity contribution in [3.8, 4) is 0 Å². The standard InChI is InChI=1S/C14H13Br2NO2S/c1-2-19-14(18)9-3-5-10(6-4-9)17-8-11-7-12(15)13(16)20-11/h3-7,17H,2,8H2,1H3. The highest BCUT2D eigenvalue weighted by atomic mass is 79.9. The van der Waals surface area contributed by atoms with Gasteiger partial charge in [0.05, 0.1) is 16.0 Å². The smallest absolute Gasteiger partial charge is 0.338 e. The van der Waals surface area contributed by atoms with Crippen LogP contribution in [0.15, 0.2) is 38.6 Å². The summed E-state index contributed by atoms with van der Waals surface area (Å²) in [6.45, 7) is 2.93. The van der Waals surface area contributed by atoms with Crippen molar-refractivity contribution < 1.29 is 9.53 Å². The maximum absolute atomic E-state index is 11.5. The van der Waals surface area contributed by atoms with E-state index in [-0.39, 0.29) is 5.97 Å². The Labute approximate surface area is 138 Å². The number of carbonyl (C=O) groups excluding carboxylic acids is 1. The summed E-state index contributed by atoms with van der Waals surface area (Å²) in [6, 6.07) is 9.36.